The average molecular weight is 234 g/mol. The van der Waals surface area contributed by atoms with Crippen molar-refractivity contribution in [3.63, 3.8) is 0 Å². The normalized spacial score (nSPS) is 23.2. The minimum atomic E-state index is 0.193. The Labute approximate surface area is 104 Å². The van der Waals surface area contributed by atoms with Gasteiger partial charge in [-0.15, -0.1) is 0 Å². The quantitative estimate of drug-likeness (QED) is 0.853. The fourth-order valence-electron chi connectivity index (χ4n) is 2.53. The maximum absolute atomic E-state index is 6.12. The van der Waals surface area contributed by atoms with Gasteiger partial charge in [0.05, 0.1) is 11.7 Å². The van der Waals surface area contributed by atoms with Crippen LogP contribution in [-0.4, -0.2) is 25.7 Å². The Bertz CT molecular complexity index is 417. The number of nitrogens with zero attached hydrogens (tertiary/aromatic N) is 1. The molecule has 2 N–H and O–H groups in total. The van der Waals surface area contributed by atoms with E-state index in [1.165, 1.54) is 16.8 Å². The van der Waals surface area contributed by atoms with Gasteiger partial charge >= 0.3 is 0 Å². The van der Waals surface area contributed by atoms with Crippen LogP contribution in [0, 0.1) is 13.8 Å². The van der Waals surface area contributed by atoms with E-state index in [0.717, 1.165) is 12.2 Å². The molecule has 1 aliphatic heterocycles. The Balaban J connectivity index is 2.41. The summed E-state index contributed by atoms with van der Waals surface area (Å²) in [7, 11) is 2.13. The summed E-state index contributed by atoms with van der Waals surface area (Å²) in [6.45, 7) is 7.09. The molecule has 0 fully saturated rings. The molecule has 94 valence electrons. The summed E-state index contributed by atoms with van der Waals surface area (Å²) in [5, 5.41) is 0. The van der Waals surface area contributed by atoms with Gasteiger partial charge in [-0.25, -0.2) is 0 Å². The Morgan fingerprint density at radius 2 is 2.06 bits per heavy atom. The number of hydrogen-bond donors (Lipinski definition) is 1. The molecule has 3 nitrogen and oxygen atoms in total. The smallest absolute Gasteiger partial charge is 0.146 e. The molecule has 1 aliphatic rings. The number of ether oxygens (including phenoxy) is 1. The van der Waals surface area contributed by atoms with Crippen molar-refractivity contribution in [3.8, 4) is 5.75 Å². The van der Waals surface area contributed by atoms with Gasteiger partial charge in [-0.1, -0.05) is 6.07 Å². The summed E-state index contributed by atoms with van der Waals surface area (Å²) in [4.78, 5) is 2.30. The van der Waals surface area contributed by atoms with Crippen LogP contribution in [0.25, 0.3) is 0 Å². The Morgan fingerprint density at radius 3 is 2.71 bits per heavy atom. The molecular weight excluding hydrogens is 212 g/mol. The van der Waals surface area contributed by atoms with Crippen LogP contribution in [0.4, 0.5) is 5.69 Å². The van der Waals surface area contributed by atoms with Gasteiger partial charge in [0.25, 0.3) is 0 Å². The summed E-state index contributed by atoms with van der Waals surface area (Å²) in [5.74, 6) is 1.02. The number of rotatable bonds is 2. The van der Waals surface area contributed by atoms with Crippen molar-refractivity contribution < 1.29 is 4.74 Å². The number of likely N-dealkylation sites (N-methyl/N-ethyl adjacent to an activating group) is 1. The van der Waals surface area contributed by atoms with E-state index < -0.39 is 0 Å². The van der Waals surface area contributed by atoms with Crippen molar-refractivity contribution in [3.05, 3.63) is 23.3 Å². The summed E-state index contributed by atoms with van der Waals surface area (Å²) >= 11 is 0. The highest BCUT2D eigenvalue weighted by molar-refractivity contribution is 5.65. The lowest BCUT2D eigenvalue weighted by molar-refractivity contribution is 0.153. The van der Waals surface area contributed by atoms with Gasteiger partial charge in [0.15, 0.2) is 0 Å². The number of hydrogen-bond acceptors (Lipinski definition) is 3. The minimum absolute atomic E-state index is 0.193. The van der Waals surface area contributed by atoms with E-state index in [2.05, 4.69) is 44.9 Å². The molecule has 3 heteroatoms. The molecule has 0 aromatic heterocycles. The lowest BCUT2D eigenvalue weighted by Crippen LogP contribution is -2.47. The van der Waals surface area contributed by atoms with Crippen LogP contribution >= 0.6 is 0 Å². The molecule has 2 unspecified atom stereocenters. The van der Waals surface area contributed by atoms with Crippen molar-refractivity contribution >= 4 is 5.69 Å². The number of nitrogens with two attached hydrogens (primary N) is 1. The average Bonchev–Trinajstić information content (AvgIpc) is 2.27. The van der Waals surface area contributed by atoms with Gasteiger partial charge < -0.3 is 15.4 Å². The van der Waals surface area contributed by atoms with Gasteiger partial charge in [-0.05, 0) is 50.9 Å². The lowest BCUT2D eigenvalue weighted by atomic mass is 10.0. The largest absolute Gasteiger partial charge is 0.486 e. The van der Waals surface area contributed by atoms with Gasteiger partial charge in [0.2, 0.25) is 0 Å². The van der Waals surface area contributed by atoms with Crippen molar-refractivity contribution in [2.24, 2.45) is 5.73 Å². The molecule has 0 saturated heterocycles. The third-order valence-corrected chi connectivity index (χ3v) is 3.65. The predicted molar refractivity (Wildman–Crippen MR) is 71.9 cm³/mol. The number of anilines is 1. The van der Waals surface area contributed by atoms with Gasteiger partial charge in [0.1, 0.15) is 11.9 Å². The molecule has 1 aromatic rings. The van der Waals surface area contributed by atoms with Crippen molar-refractivity contribution in [1.82, 2.24) is 0 Å². The summed E-state index contributed by atoms with van der Waals surface area (Å²) in [6.07, 6.45) is 1.09. The molecule has 2 atom stereocenters. The lowest BCUT2D eigenvalue weighted by Gasteiger charge is -2.40. The zero-order valence-corrected chi connectivity index (χ0v) is 11.2. The molecule has 0 bridgehead atoms. The number of aryl methyl sites for hydroxylation is 2. The van der Waals surface area contributed by atoms with Crippen LogP contribution in [0.15, 0.2) is 12.1 Å². The van der Waals surface area contributed by atoms with E-state index in [9.17, 15) is 0 Å². The van der Waals surface area contributed by atoms with Crippen LogP contribution < -0.4 is 15.4 Å². The second-order valence-corrected chi connectivity index (χ2v) is 5.02. The first-order valence-electron chi connectivity index (χ1n) is 6.25. The van der Waals surface area contributed by atoms with E-state index in [1.807, 2.05) is 0 Å². The Hall–Kier alpha value is -1.22. The first-order valence-corrected chi connectivity index (χ1v) is 6.25. The minimum Gasteiger partial charge on any atom is -0.486 e. The summed E-state index contributed by atoms with van der Waals surface area (Å²) < 4.78 is 6.12. The topological polar surface area (TPSA) is 38.5 Å². The second-order valence-electron chi connectivity index (χ2n) is 5.02. The number of fused-ring (bicyclic) bond motifs is 1. The zero-order valence-electron chi connectivity index (χ0n) is 11.2. The Kier molecular flexibility index (Phi) is 3.29. The zero-order chi connectivity index (χ0) is 12.6. The molecule has 0 saturated carbocycles. The monoisotopic (exact) mass is 234 g/mol. The molecule has 2 rings (SSSR count). The molecule has 0 amide bonds. The molecular formula is C14H22N2O. The first kappa shape index (κ1) is 12.2. The van der Waals surface area contributed by atoms with E-state index >= 15 is 0 Å². The third kappa shape index (κ3) is 2.12. The molecule has 1 heterocycles. The van der Waals surface area contributed by atoms with Gasteiger partial charge in [-0.3, -0.25) is 0 Å². The fraction of sp³-hybridized carbons (Fsp3) is 0.571. The molecule has 0 spiro atoms. The van der Waals surface area contributed by atoms with Crippen LogP contribution in [0.1, 0.15) is 24.5 Å². The molecule has 1 aromatic carbocycles. The SMILES string of the molecule is Cc1cc(C)c2c(c1)N(C)C(C)C(CCN)O2. The van der Waals surface area contributed by atoms with Crippen LogP contribution in [0.2, 0.25) is 0 Å². The van der Waals surface area contributed by atoms with Crippen LogP contribution in [-0.2, 0) is 0 Å². The highest BCUT2D eigenvalue weighted by Gasteiger charge is 2.31. The van der Waals surface area contributed by atoms with Crippen molar-refractivity contribution in [1.29, 1.82) is 0 Å². The van der Waals surface area contributed by atoms with Crippen molar-refractivity contribution in [2.75, 3.05) is 18.5 Å². The van der Waals surface area contributed by atoms with Crippen LogP contribution in [0.3, 0.4) is 0 Å². The fourth-order valence-corrected chi connectivity index (χ4v) is 2.53. The standard InChI is InChI=1S/C14H22N2O/c1-9-7-10(2)14-12(8-9)16(4)11(3)13(17-14)5-6-15/h7-8,11,13H,5-6,15H2,1-4H3. The van der Waals surface area contributed by atoms with E-state index in [4.69, 9.17) is 10.5 Å². The van der Waals surface area contributed by atoms with Crippen LogP contribution in [0.5, 0.6) is 5.75 Å². The summed E-state index contributed by atoms with van der Waals surface area (Å²) in [6, 6.07) is 4.73. The highest BCUT2D eigenvalue weighted by atomic mass is 16.5. The van der Waals surface area contributed by atoms with Crippen molar-refractivity contribution in [2.45, 2.75) is 39.3 Å². The third-order valence-electron chi connectivity index (χ3n) is 3.65. The van der Waals surface area contributed by atoms with E-state index in [1.54, 1.807) is 0 Å². The first-order chi connectivity index (χ1) is 8.04. The Morgan fingerprint density at radius 1 is 1.35 bits per heavy atom. The predicted octanol–water partition coefficient (Wildman–Crippen LogP) is 2.24. The van der Waals surface area contributed by atoms with Gasteiger partial charge in [0, 0.05) is 7.05 Å². The molecule has 0 aliphatic carbocycles. The van der Waals surface area contributed by atoms with Gasteiger partial charge in [-0.2, -0.15) is 0 Å². The second kappa shape index (κ2) is 4.57. The maximum atomic E-state index is 6.12. The molecule has 0 radical (unpaired) electrons. The highest BCUT2D eigenvalue weighted by Crippen LogP contribution is 2.39. The maximum Gasteiger partial charge on any atom is 0.146 e. The van der Waals surface area contributed by atoms with E-state index in [0.29, 0.717) is 12.6 Å². The number of benzene rings is 1. The summed E-state index contributed by atoms with van der Waals surface area (Å²) in [5.41, 5.74) is 9.34. The van der Waals surface area contributed by atoms with E-state index in [-0.39, 0.29) is 6.10 Å². The molecule has 17 heavy (non-hydrogen) atoms.